The Morgan fingerprint density at radius 1 is 1.00 bits per heavy atom. The quantitative estimate of drug-likeness (QED) is 0.367. The molecule has 0 bridgehead atoms. The van der Waals surface area contributed by atoms with Crippen molar-refractivity contribution in [2.45, 2.75) is 62.6 Å². The third kappa shape index (κ3) is 6.48. The van der Waals surface area contributed by atoms with Crippen molar-refractivity contribution in [3.05, 3.63) is 65.7 Å². The molecule has 0 fully saturated rings. The Morgan fingerprint density at radius 3 is 2.00 bits per heavy atom. The molecule has 1 N–H and O–H groups in total. The zero-order valence-corrected chi connectivity index (χ0v) is 22.1. The van der Waals surface area contributed by atoms with Gasteiger partial charge < -0.3 is 8.99 Å². The molecule has 0 aliphatic heterocycles. The lowest BCUT2D eigenvalue weighted by atomic mass is 10.1. The van der Waals surface area contributed by atoms with Crippen molar-refractivity contribution in [3.8, 4) is 0 Å². The summed E-state index contributed by atoms with van der Waals surface area (Å²) in [5.41, 5.74) is 2.05. The predicted molar refractivity (Wildman–Crippen MR) is 131 cm³/mol. The molecule has 2 aromatic rings. The zero-order valence-electron chi connectivity index (χ0n) is 19.4. The van der Waals surface area contributed by atoms with Crippen LogP contribution in [0.5, 0.6) is 0 Å². The highest BCUT2D eigenvalue weighted by Gasteiger charge is 2.44. The molecule has 0 saturated carbocycles. The minimum atomic E-state index is -2.73. The summed E-state index contributed by atoms with van der Waals surface area (Å²) in [6.45, 7) is 16.4. The van der Waals surface area contributed by atoms with Crippen LogP contribution in [0.2, 0.25) is 18.1 Å². The van der Waals surface area contributed by atoms with Gasteiger partial charge in [-0.15, -0.1) is 0 Å². The van der Waals surface area contributed by atoms with Gasteiger partial charge in [0.25, 0.3) is 0 Å². The summed E-state index contributed by atoms with van der Waals surface area (Å²) in [4.78, 5) is 0.665. The Balaban J connectivity index is 2.47. The molecule has 0 amide bonds. The van der Waals surface area contributed by atoms with E-state index in [0.29, 0.717) is 4.90 Å². The van der Waals surface area contributed by atoms with Crippen LogP contribution in [0.1, 0.15) is 38.0 Å². The second-order valence-corrected chi connectivity index (χ2v) is 19.2. The lowest BCUT2D eigenvalue weighted by Crippen LogP contribution is -2.47. The topological polar surface area (TPSA) is 55.4 Å². The van der Waals surface area contributed by atoms with Crippen molar-refractivity contribution in [3.63, 3.8) is 0 Å². The summed E-state index contributed by atoms with van der Waals surface area (Å²) in [5.74, 6) is -0.573. The largest absolute Gasteiger partial charge is 0.408 e. The number of aryl methyl sites for hydroxylation is 1. The number of hydrogen-bond donors (Lipinski definition) is 1. The van der Waals surface area contributed by atoms with Crippen molar-refractivity contribution in [2.24, 2.45) is 0 Å². The third-order valence-corrected chi connectivity index (χ3v) is 13.3. The molecule has 0 spiro atoms. The van der Waals surface area contributed by atoms with Gasteiger partial charge in [0, 0.05) is 0 Å². The van der Waals surface area contributed by atoms with Crippen molar-refractivity contribution in [1.82, 2.24) is 4.72 Å². The van der Waals surface area contributed by atoms with Crippen LogP contribution in [-0.2, 0) is 20.0 Å². The molecular weight excluding hydrogens is 429 g/mol. The Labute approximate surface area is 185 Å². The van der Waals surface area contributed by atoms with E-state index in [0.717, 1.165) is 11.1 Å². The fourth-order valence-corrected chi connectivity index (χ4v) is 7.23. The van der Waals surface area contributed by atoms with Crippen LogP contribution in [0.15, 0.2) is 59.5 Å². The second kappa shape index (κ2) is 9.62. The molecule has 166 valence electrons. The van der Waals surface area contributed by atoms with Gasteiger partial charge >= 0.3 is 0 Å². The van der Waals surface area contributed by atoms with E-state index in [1.807, 2.05) is 61.5 Å². The van der Waals surface area contributed by atoms with Crippen LogP contribution in [-0.4, -0.2) is 31.6 Å². The van der Waals surface area contributed by atoms with E-state index < -0.39 is 38.3 Å². The molecule has 2 rings (SSSR count). The van der Waals surface area contributed by atoms with Gasteiger partial charge in [0.05, 0.1) is 11.0 Å². The maximum atomic E-state index is 13.4. The smallest absolute Gasteiger partial charge is 0.193 e. The van der Waals surface area contributed by atoms with Gasteiger partial charge in [-0.1, -0.05) is 68.8 Å². The van der Waals surface area contributed by atoms with Gasteiger partial charge in [-0.05, 0) is 56.1 Å². The van der Waals surface area contributed by atoms with Crippen LogP contribution in [0, 0.1) is 6.92 Å². The SMILES string of the molecule is Cc1ccc(S(=O)N[C@H]([C@@H](O[Si](C)(C)C(C)(C)C)c2ccccc2)P(C)(C)=O)cc1. The molecule has 2 aromatic carbocycles. The van der Waals surface area contributed by atoms with Gasteiger partial charge in [0.1, 0.15) is 23.9 Å². The molecule has 0 radical (unpaired) electrons. The van der Waals surface area contributed by atoms with Crippen LogP contribution in [0.25, 0.3) is 0 Å². The molecule has 0 aromatic heterocycles. The van der Waals surface area contributed by atoms with Gasteiger partial charge in [0.15, 0.2) is 8.32 Å². The summed E-state index contributed by atoms with van der Waals surface area (Å²) in [5, 5.41) is -0.00778. The molecule has 0 heterocycles. The summed E-state index contributed by atoms with van der Waals surface area (Å²) in [6.07, 6.45) is -0.456. The molecule has 30 heavy (non-hydrogen) atoms. The number of rotatable bonds is 8. The predicted octanol–water partition coefficient (Wildman–Crippen LogP) is 6.32. The zero-order chi connectivity index (χ0) is 22.7. The first kappa shape index (κ1) is 25.2. The van der Waals surface area contributed by atoms with Gasteiger partial charge in [0.2, 0.25) is 0 Å². The van der Waals surface area contributed by atoms with Crippen molar-refractivity contribution >= 4 is 26.4 Å². The van der Waals surface area contributed by atoms with Gasteiger partial charge in [-0.3, -0.25) is 0 Å². The van der Waals surface area contributed by atoms with Crippen molar-refractivity contribution < 1.29 is 13.2 Å². The monoisotopic (exact) mass is 465 g/mol. The minimum absolute atomic E-state index is 0.00778. The van der Waals surface area contributed by atoms with E-state index in [-0.39, 0.29) is 5.04 Å². The number of benzene rings is 2. The lowest BCUT2D eigenvalue weighted by Gasteiger charge is -2.42. The highest BCUT2D eigenvalue weighted by atomic mass is 32.2. The Kier molecular flexibility index (Phi) is 8.09. The van der Waals surface area contributed by atoms with Crippen LogP contribution in [0.4, 0.5) is 0 Å². The third-order valence-electron chi connectivity index (χ3n) is 5.78. The summed E-state index contributed by atoms with van der Waals surface area (Å²) in [7, 11) is -6.42. The highest BCUT2D eigenvalue weighted by molar-refractivity contribution is 7.83. The average molecular weight is 466 g/mol. The van der Waals surface area contributed by atoms with E-state index >= 15 is 0 Å². The number of hydrogen-bond acceptors (Lipinski definition) is 3. The van der Waals surface area contributed by atoms with Crippen LogP contribution >= 0.6 is 7.14 Å². The molecule has 0 aliphatic carbocycles. The van der Waals surface area contributed by atoms with Gasteiger partial charge in [-0.2, -0.15) is 0 Å². The van der Waals surface area contributed by atoms with E-state index in [2.05, 4.69) is 38.6 Å². The Morgan fingerprint density at radius 2 is 1.53 bits per heavy atom. The molecule has 3 atom stereocenters. The average Bonchev–Trinajstić information content (AvgIpc) is 2.64. The van der Waals surface area contributed by atoms with E-state index in [9.17, 15) is 8.77 Å². The van der Waals surface area contributed by atoms with Crippen molar-refractivity contribution in [2.75, 3.05) is 13.3 Å². The second-order valence-electron chi connectivity index (χ2n) is 9.79. The molecule has 4 nitrogen and oxygen atoms in total. The van der Waals surface area contributed by atoms with Crippen LogP contribution < -0.4 is 4.72 Å². The maximum absolute atomic E-state index is 13.4. The van der Waals surface area contributed by atoms with E-state index in [1.54, 1.807) is 13.3 Å². The van der Waals surface area contributed by atoms with Crippen molar-refractivity contribution in [1.29, 1.82) is 0 Å². The van der Waals surface area contributed by atoms with Crippen LogP contribution in [0.3, 0.4) is 0 Å². The number of nitrogens with one attached hydrogen (secondary N) is 1. The summed E-state index contributed by atoms with van der Waals surface area (Å²) < 4.78 is 36.5. The fraction of sp³-hybridized carbons (Fsp3) is 0.478. The molecular formula is C23H36NO3PSSi. The summed E-state index contributed by atoms with van der Waals surface area (Å²) >= 11 is 0. The summed E-state index contributed by atoms with van der Waals surface area (Å²) in [6, 6.07) is 17.4. The molecule has 1 unspecified atom stereocenters. The van der Waals surface area contributed by atoms with Gasteiger partial charge in [-0.25, -0.2) is 8.93 Å². The van der Waals surface area contributed by atoms with E-state index in [4.69, 9.17) is 4.43 Å². The molecule has 0 aliphatic rings. The maximum Gasteiger partial charge on any atom is 0.193 e. The van der Waals surface area contributed by atoms with E-state index in [1.165, 1.54) is 0 Å². The first-order valence-corrected chi connectivity index (χ1v) is 17.0. The Bertz CT molecular complexity index is 904. The first-order valence-electron chi connectivity index (χ1n) is 10.2. The lowest BCUT2D eigenvalue weighted by molar-refractivity contribution is 0.173. The fourth-order valence-electron chi connectivity index (χ4n) is 2.81. The molecule has 7 heteroatoms. The minimum Gasteiger partial charge on any atom is -0.408 e. The first-order chi connectivity index (χ1) is 13.7. The Hall–Kier alpha value is -1.04. The standard InChI is InChI=1S/C23H36NO3PSSi/c1-18-14-16-20(17-15-18)29(26)24-22(28(5,6)25)21(19-12-10-9-11-13-19)27-30(7,8)23(2,3)4/h9-17,21-22,24H,1-8H3/t21-,22-,29?/m0/s1. The molecule has 0 saturated heterocycles. The highest BCUT2D eigenvalue weighted by Crippen LogP contribution is 2.50. The normalized spacial score (nSPS) is 16.1.